The van der Waals surface area contributed by atoms with Crippen molar-refractivity contribution in [2.75, 3.05) is 14.7 Å². The molecule has 64 heavy (non-hydrogen) atoms. The lowest BCUT2D eigenvalue weighted by Crippen LogP contribution is -2.66. The minimum absolute atomic E-state index is 0.0487. The molecule has 0 radical (unpaired) electrons. The monoisotopic (exact) mass is 827 g/mol. The molecule has 3 aliphatic carbocycles. The van der Waals surface area contributed by atoms with Gasteiger partial charge < -0.3 is 14.7 Å². The first-order valence-electron chi connectivity index (χ1n) is 24.4. The molecule has 312 valence electrons. The minimum atomic E-state index is -0.442. The SMILES string of the molecule is Cc1cc2c3c(c1)C1(C)CCCCC1(C)N3c1cc(N3c4ccccc4C4(c5ccccc5-c5ccccc54)c4ccccc43)cc3c1B2c1cccc2c1N3C1(C)CCCCC21C. The maximum absolute atomic E-state index is 2.94. The fraction of sp³-hybridized carbons (Fsp3) is 0.300. The molecule has 2 saturated carbocycles. The van der Waals surface area contributed by atoms with Gasteiger partial charge >= 0.3 is 0 Å². The Bertz CT molecular complexity index is 3160. The van der Waals surface area contributed by atoms with E-state index in [1.165, 1.54) is 147 Å². The van der Waals surface area contributed by atoms with Gasteiger partial charge in [-0.05, 0) is 132 Å². The second-order valence-electron chi connectivity index (χ2n) is 21.8. The van der Waals surface area contributed by atoms with Crippen molar-refractivity contribution in [2.45, 2.75) is 113 Å². The van der Waals surface area contributed by atoms with Crippen LogP contribution in [0.25, 0.3) is 11.1 Å². The molecular weight excluding hydrogens is 773 g/mol. The smallest absolute Gasteiger partial charge is 0.252 e. The first-order chi connectivity index (χ1) is 31.1. The van der Waals surface area contributed by atoms with Crippen LogP contribution in [0, 0.1) is 6.92 Å². The van der Waals surface area contributed by atoms with Gasteiger partial charge in [0, 0.05) is 33.6 Å². The largest absolute Gasteiger partial charge is 0.335 e. The maximum Gasteiger partial charge on any atom is 0.252 e. The molecule has 0 amide bonds. The normalized spacial score (nSPS) is 27.2. The second-order valence-corrected chi connectivity index (χ2v) is 21.8. The van der Waals surface area contributed by atoms with Gasteiger partial charge in [-0.2, -0.15) is 0 Å². The molecule has 0 bridgehead atoms. The highest BCUT2D eigenvalue weighted by atomic mass is 15.3. The molecule has 7 aromatic rings. The summed E-state index contributed by atoms with van der Waals surface area (Å²) in [6.45, 7) is 13.1. The van der Waals surface area contributed by atoms with Crippen LogP contribution in [0.3, 0.4) is 0 Å². The van der Waals surface area contributed by atoms with Crippen molar-refractivity contribution in [3.8, 4) is 11.1 Å². The molecule has 0 saturated heterocycles. The lowest BCUT2D eigenvalue weighted by molar-refractivity contribution is 0.194. The second kappa shape index (κ2) is 11.6. The predicted molar refractivity (Wildman–Crippen MR) is 267 cm³/mol. The fourth-order valence-electron chi connectivity index (χ4n) is 16.2. The van der Waals surface area contributed by atoms with Crippen molar-refractivity contribution < 1.29 is 0 Å². The summed E-state index contributed by atoms with van der Waals surface area (Å²) < 4.78 is 0. The summed E-state index contributed by atoms with van der Waals surface area (Å²) in [5.74, 6) is 0. The number of anilines is 7. The summed E-state index contributed by atoms with van der Waals surface area (Å²) in [4.78, 5) is 8.55. The quantitative estimate of drug-likeness (QED) is 0.153. The molecule has 4 heteroatoms. The molecule has 0 aromatic heterocycles. The van der Waals surface area contributed by atoms with E-state index in [1.54, 1.807) is 11.1 Å². The molecule has 0 N–H and O–H groups in total. The third kappa shape index (κ3) is 3.77. The molecule has 5 heterocycles. The van der Waals surface area contributed by atoms with E-state index >= 15 is 0 Å². The summed E-state index contributed by atoms with van der Waals surface area (Å²) in [5, 5.41) is 0. The highest BCUT2D eigenvalue weighted by molar-refractivity contribution is 7.00. The topological polar surface area (TPSA) is 9.72 Å². The van der Waals surface area contributed by atoms with Gasteiger partial charge in [0.1, 0.15) is 0 Å². The van der Waals surface area contributed by atoms with Crippen molar-refractivity contribution in [3.05, 3.63) is 178 Å². The number of fused-ring (bicyclic) bond motifs is 19. The Hall–Kier alpha value is -6.00. The zero-order chi connectivity index (χ0) is 42.7. The van der Waals surface area contributed by atoms with E-state index in [9.17, 15) is 0 Å². The molecule has 5 aliphatic heterocycles. The van der Waals surface area contributed by atoms with E-state index in [1.807, 2.05) is 0 Å². The third-order valence-electron chi connectivity index (χ3n) is 19.4. The molecule has 7 aromatic carbocycles. The highest BCUT2D eigenvalue weighted by Crippen LogP contribution is 2.67. The summed E-state index contributed by atoms with van der Waals surface area (Å²) in [6, 6.07) is 55.2. The van der Waals surface area contributed by atoms with E-state index in [4.69, 9.17) is 0 Å². The zero-order valence-electron chi connectivity index (χ0n) is 37.9. The first-order valence-corrected chi connectivity index (χ1v) is 24.4. The Balaban J connectivity index is 1.07. The Morgan fingerprint density at radius 2 is 0.922 bits per heavy atom. The summed E-state index contributed by atoms with van der Waals surface area (Å²) in [6.07, 6.45) is 9.95. The average molecular weight is 828 g/mol. The van der Waals surface area contributed by atoms with Crippen molar-refractivity contribution in [2.24, 2.45) is 0 Å². The van der Waals surface area contributed by atoms with Gasteiger partial charge in [-0.15, -0.1) is 0 Å². The van der Waals surface area contributed by atoms with E-state index in [2.05, 4.69) is 189 Å². The molecule has 4 unspecified atom stereocenters. The number of hydrogen-bond acceptors (Lipinski definition) is 3. The Morgan fingerprint density at radius 1 is 0.438 bits per heavy atom. The molecule has 2 fully saturated rings. The molecule has 3 nitrogen and oxygen atoms in total. The lowest BCUT2D eigenvalue weighted by atomic mass is 9.33. The minimum Gasteiger partial charge on any atom is -0.335 e. The highest BCUT2D eigenvalue weighted by Gasteiger charge is 2.65. The Labute approximate surface area is 378 Å². The fourth-order valence-corrected chi connectivity index (χ4v) is 16.2. The van der Waals surface area contributed by atoms with Crippen LogP contribution in [0.1, 0.15) is 118 Å². The Morgan fingerprint density at radius 3 is 1.52 bits per heavy atom. The summed E-state index contributed by atoms with van der Waals surface area (Å²) in [7, 11) is 0. The number of hydrogen-bond donors (Lipinski definition) is 0. The molecule has 15 rings (SSSR count). The van der Waals surface area contributed by atoms with E-state index in [0.717, 1.165) is 0 Å². The van der Waals surface area contributed by atoms with Crippen LogP contribution in [-0.2, 0) is 16.2 Å². The van der Waals surface area contributed by atoms with Crippen molar-refractivity contribution in [1.29, 1.82) is 0 Å². The van der Waals surface area contributed by atoms with Crippen LogP contribution < -0.4 is 31.1 Å². The lowest BCUT2D eigenvalue weighted by Gasteiger charge is -2.55. The number of aryl methyl sites for hydroxylation is 1. The summed E-state index contributed by atoms with van der Waals surface area (Å²) in [5.41, 5.74) is 26.5. The number of benzene rings is 7. The van der Waals surface area contributed by atoms with E-state index in [-0.39, 0.29) is 28.6 Å². The number of nitrogens with zero attached hydrogens (tertiary/aromatic N) is 3. The van der Waals surface area contributed by atoms with Crippen LogP contribution in [0.4, 0.5) is 39.8 Å². The van der Waals surface area contributed by atoms with Crippen LogP contribution >= 0.6 is 0 Å². The van der Waals surface area contributed by atoms with Crippen molar-refractivity contribution in [1.82, 2.24) is 0 Å². The number of rotatable bonds is 1. The van der Waals surface area contributed by atoms with Crippen molar-refractivity contribution in [3.63, 3.8) is 0 Å². The maximum atomic E-state index is 2.94. The van der Waals surface area contributed by atoms with Gasteiger partial charge in [-0.25, -0.2) is 0 Å². The van der Waals surface area contributed by atoms with Gasteiger partial charge in [0.25, 0.3) is 6.71 Å². The van der Waals surface area contributed by atoms with Crippen molar-refractivity contribution >= 4 is 62.9 Å². The van der Waals surface area contributed by atoms with Crippen LogP contribution in [0.5, 0.6) is 0 Å². The van der Waals surface area contributed by atoms with Gasteiger partial charge in [0.2, 0.25) is 0 Å². The van der Waals surface area contributed by atoms with Crippen LogP contribution in [0.15, 0.2) is 140 Å². The van der Waals surface area contributed by atoms with Gasteiger partial charge in [0.05, 0.1) is 33.6 Å². The standard InChI is InChI=1S/C60H54BN3/c1-37-33-46-55-48(34-37)61-47-26-18-25-45-54(47)63(58(4)31-16-14-29-56(45,58)2)51-35-38(36-52(53(51)61)64(55)59(5)32-17-15-30-57(46,59)3)62-49-27-12-10-23-43(49)60(44-24-11-13-28-50(44)62)41-21-8-6-19-39(41)40-20-7-9-22-42(40)60/h6-13,18-28,33-36H,14-17,29-32H2,1-5H3. The molecule has 1 spiro atoms. The number of para-hydroxylation sites is 3. The first kappa shape index (κ1) is 36.4. The van der Waals surface area contributed by atoms with Gasteiger partial charge in [-0.3, -0.25) is 0 Å². The zero-order valence-corrected chi connectivity index (χ0v) is 37.9. The molecule has 8 aliphatic rings. The van der Waals surface area contributed by atoms with Gasteiger partial charge in [-0.1, -0.05) is 160 Å². The average Bonchev–Trinajstić information content (AvgIpc) is 3.81. The van der Waals surface area contributed by atoms with E-state index < -0.39 is 5.41 Å². The van der Waals surface area contributed by atoms with Crippen LogP contribution in [-0.4, -0.2) is 17.8 Å². The summed E-state index contributed by atoms with van der Waals surface area (Å²) >= 11 is 0. The Kier molecular flexibility index (Phi) is 6.60. The molecular formula is C60H54BN3. The van der Waals surface area contributed by atoms with Gasteiger partial charge in [0.15, 0.2) is 0 Å². The van der Waals surface area contributed by atoms with E-state index in [0.29, 0.717) is 0 Å². The third-order valence-corrected chi connectivity index (χ3v) is 19.4. The molecule has 4 atom stereocenters. The predicted octanol–water partition coefficient (Wildman–Crippen LogP) is 12.8. The van der Waals surface area contributed by atoms with Crippen LogP contribution in [0.2, 0.25) is 0 Å².